The van der Waals surface area contributed by atoms with Gasteiger partial charge in [0.15, 0.2) is 0 Å². The van der Waals surface area contributed by atoms with E-state index in [1.165, 1.54) is 17.6 Å². The summed E-state index contributed by atoms with van der Waals surface area (Å²) < 4.78 is 44.2. The average molecular weight is 518 g/mol. The Hall–Kier alpha value is -2.43. The number of fused-ring (bicyclic) bond motifs is 1. The lowest BCUT2D eigenvalue weighted by Crippen LogP contribution is -2.36. The molecule has 0 amide bonds. The highest BCUT2D eigenvalue weighted by atomic mass is 32.1. The number of rotatable bonds is 5. The Labute approximate surface area is 212 Å². The van der Waals surface area contributed by atoms with Crippen LogP contribution in [0.4, 0.5) is 24.7 Å². The van der Waals surface area contributed by atoms with Crippen molar-refractivity contribution >= 4 is 33.1 Å². The molecule has 192 valence electrons. The molecule has 0 aliphatic carbocycles. The van der Waals surface area contributed by atoms with Crippen LogP contribution in [-0.4, -0.2) is 73.5 Å². The van der Waals surface area contributed by atoms with Gasteiger partial charge in [-0.05, 0) is 43.1 Å². The van der Waals surface area contributed by atoms with E-state index < -0.39 is 12.6 Å². The van der Waals surface area contributed by atoms with Gasteiger partial charge in [-0.25, -0.2) is 9.97 Å². The van der Waals surface area contributed by atoms with Crippen LogP contribution in [0.15, 0.2) is 36.7 Å². The highest BCUT2D eigenvalue weighted by molar-refractivity contribution is 7.18. The molecule has 5 heterocycles. The maximum absolute atomic E-state index is 12.9. The molecule has 0 saturated carbocycles. The molecule has 36 heavy (non-hydrogen) atoms. The summed E-state index contributed by atoms with van der Waals surface area (Å²) in [5.74, 6) is 0.777. The number of ether oxygens (including phenoxy) is 1. The van der Waals surface area contributed by atoms with Crippen molar-refractivity contribution in [2.45, 2.75) is 32.0 Å². The molecule has 0 bridgehead atoms. The van der Waals surface area contributed by atoms with Crippen molar-refractivity contribution in [1.82, 2.24) is 14.9 Å². The first kappa shape index (κ1) is 23.9. The molecule has 6 rings (SSSR count). The topological polar surface area (TPSA) is 44.7 Å². The lowest BCUT2D eigenvalue weighted by molar-refractivity contribution is -0.126. The second kappa shape index (κ2) is 9.46. The number of halogens is 3. The van der Waals surface area contributed by atoms with E-state index in [1.54, 1.807) is 6.07 Å². The monoisotopic (exact) mass is 517 g/mol. The minimum absolute atomic E-state index is 0.204. The molecule has 3 fully saturated rings. The van der Waals surface area contributed by atoms with Crippen LogP contribution in [0.3, 0.4) is 0 Å². The molecule has 1 spiro atoms. The predicted molar refractivity (Wildman–Crippen MR) is 136 cm³/mol. The van der Waals surface area contributed by atoms with Crippen LogP contribution in [-0.2, 0) is 17.7 Å². The zero-order valence-electron chi connectivity index (χ0n) is 20.1. The molecular formula is C26H30F3N5OS. The third-order valence-electron chi connectivity index (χ3n) is 7.71. The van der Waals surface area contributed by atoms with Crippen LogP contribution in [0.5, 0.6) is 0 Å². The van der Waals surface area contributed by atoms with Crippen LogP contribution in [0.1, 0.15) is 23.3 Å². The van der Waals surface area contributed by atoms with Crippen LogP contribution < -0.4 is 9.80 Å². The number of thiophene rings is 1. The van der Waals surface area contributed by atoms with E-state index in [1.807, 2.05) is 0 Å². The summed E-state index contributed by atoms with van der Waals surface area (Å²) in [6.07, 6.45) is -1.45. The lowest BCUT2D eigenvalue weighted by Gasteiger charge is -2.29. The van der Waals surface area contributed by atoms with E-state index in [4.69, 9.17) is 4.74 Å². The Bertz CT molecular complexity index is 1210. The van der Waals surface area contributed by atoms with Crippen molar-refractivity contribution in [2.24, 2.45) is 5.41 Å². The Balaban J connectivity index is 1.10. The largest absolute Gasteiger partial charge is 0.393 e. The Morgan fingerprint density at radius 2 is 1.72 bits per heavy atom. The van der Waals surface area contributed by atoms with Gasteiger partial charge in [-0.2, -0.15) is 13.2 Å². The van der Waals surface area contributed by atoms with Gasteiger partial charge in [0.1, 0.15) is 17.0 Å². The van der Waals surface area contributed by atoms with Gasteiger partial charge in [0.2, 0.25) is 0 Å². The Morgan fingerprint density at radius 3 is 2.50 bits per heavy atom. The molecule has 1 unspecified atom stereocenters. The summed E-state index contributed by atoms with van der Waals surface area (Å²) in [7, 11) is 0. The van der Waals surface area contributed by atoms with Crippen molar-refractivity contribution in [3.63, 3.8) is 0 Å². The quantitative estimate of drug-likeness (QED) is 0.488. The van der Waals surface area contributed by atoms with Crippen molar-refractivity contribution in [3.05, 3.63) is 47.1 Å². The predicted octanol–water partition coefficient (Wildman–Crippen LogP) is 4.74. The Kier molecular flexibility index (Phi) is 6.29. The van der Waals surface area contributed by atoms with E-state index in [-0.39, 0.29) is 5.41 Å². The molecule has 1 atom stereocenters. The van der Waals surface area contributed by atoms with E-state index in [2.05, 4.69) is 48.9 Å². The van der Waals surface area contributed by atoms with Gasteiger partial charge in [-0.15, -0.1) is 11.3 Å². The zero-order chi connectivity index (χ0) is 24.8. The third kappa shape index (κ3) is 5.03. The normalized spacial score (nSPS) is 23.4. The molecule has 3 aromatic rings. The molecule has 2 aromatic heterocycles. The van der Waals surface area contributed by atoms with Crippen molar-refractivity contribution in [3.8, 4) is 0 Å². The van der Waals surface area contributed by atoms with Gasteiger partial charge in [-0.1, -0.05) is 12.1 Å². The second-order valence-electron chi connectivity index (χ2n) is 10.3. The molecule has 3 aliphatic rings. The summed E-state index contributed by atoms with van der Waals surface area (Å²) in [6.45, 7) is 8.25. The SMILES string of the molecule is FC(F)(F)Cc1cc2c(N3CCC4(CCN(Cc5ccc(N6CCOCC6)cc5)C4)C3)ncnc2s1. The molecule has 6 nitrogen and oxygen atoms in total. The standard InChI is InChI=1S/C26H30F3N5OS/c27-26(28,29)14-21-13-22-23(30-18-31-24(22)36-21)34-8-6-25(17-34)5-7-32(16-25)15-19-1-3-20(4-2-19)33-9-11-35-12-10-33/h1-4,13,18H,5-12,14-17H2. The molecule has 0 N–H and O–H groups in total. The molecular weight excluding hydrogens is 487 g/mol. The van der Waals surface area contributed by atoms with E-state index in [0.717, 1.165) is 94.4 Å². The van der Waals surface area contributed by atoms with E-state index >= 15 is 0 Å². The van der Waals surface area contributed by atoms with Gasteiger partial charge in [0.25, 0.3) is 0 Å². The first-order valence-corrected chi connectivity index (χ1v) is 13.4. The van der Waals surface area contributed by atoms with E-state index in [9.17, 15) is 13.2 Å². The number of nitrogens with zero attached hydrogens (tertiary/aromatic N) is 5. The molecule has 3 saturated heterocycles. The summed E-state index contributed by atoms with van der Waals surface area (Å²) in [6, 6.07) is 10.6. The summed E-state index contributed by atoms with van der Waals surface area (Å²) in [5, 5.41) is 0.744. The molecule has 3 aliphatic heterocycles. The fraction of sp³-hybridized carbons (Fsp3) is 0.538. The number of anilines is 2. The minimum atomic E-state index is -4.22. The van der Waals surface area contributed by atoms with Gasteiger partial charge in [-0.3, -0.25) is 4.90 Å². The summed E-state index contributed by atoms with van der Waals surface area (Å²) >= 11 is 1.12. The number of benzene rings is 1. The summed E-state index contributed by atoms with van der Waals surface area (Å²) in [4.78, 5) is 16.8. The number of hydrogen-bond donors (Lipinski definition) is 0. The van der Waals surface area contributed by atoms with Crippen LogP contribution in [0, 0.1) is 5.41 Å². The average Bonchev–Trinajstić information content (AvgIpc) is 3.57. The number of hydrogen-bond acceptors (Lipinski definition) is 7. The van der Waals surface area contributed by atoms with E-state index in [0.29, 0.717) is 9.71 Å². The van der Waals surface area contributed by atoms with Gasteiger partial charge in [0, 0.05) is 55.2 Å². The Morgan fingerprint density at radius 1 is 0.944 bits per heavy atom. The van der Waals surface area contributed by atoms with Crippen molar-refractivity contribution < 1.29 is 17.9 Å². The fourth-order valence-corrected chi connectivity index (χ4v) is 6.95. The molecule has 1 aromatic carbocycles. The number of alkyl halides is 3. The number of morpholine rings is 1. The maximum Gasteiger partial charge on any atom is 0.393 e. The second-order valence-corrected chi connectivity index (χ2v) is 11.4. The maximum atomic E-state index is 12.9. The lowest BCUT2D eigenvalue weighted by atomic mass is 9.86. The minimum Gasteiger partial charge on any atom is -0.378 e. The first-order chi connectivity index (χ1) is 17.4. The highest BCUT2D eigenvalue weighted by Crippen LogP contribution is 2.43. The third-order valence-corrected chi connectivity index (χ3v) is 8.75. The van der Waals surface area contributed by atoms with Crippen molar-refractivity contribution in [1.29, 1.82) is 0 Å². The summed E-state index contributed by atoms with van der Waals surface area (Å²) in [5.41, 5.74) is 2.79. The number of aromatic nitrogens is 2. The first-order valence-electron chi connectivity index (χ1n) is 12.6. The van der Waals surface area contributed by atoms with Crippen molar-refractivity contribution in [2.75, 3.05) is 62.3 Å². The molecule has 10 heteroatoms. The highest BCUT2D eigenvalue weighted by Gasteiger charge is 2.44. The van der Waals surface area contributed by atoms with Gasteiger partial charge >= 0.3 is 6.18 Å². The van der Waals surface area contributed by atoms with Gasteiger partial charge in [0.05, 0.1) is 25.0 Å². The smallest absolute Gasteiger partial charge is 0.378 e. The fourth-order valence-electron chi connectivity index (χ4n) is 5.93. The number of likely N-dealkylation sites (tertiary alicyclic amines) is 1. The van der Waals surface area contributed by atoms with Crippen LogP contribution in [0.2, 0.25) is 0 Å². The van der Waals surface area contributed by atoms with Gasteiger partial charge < -0.3 is 14.5 Å². The van der Waals surface area contributed by atoms with Crippen LogP contribution in [0.25, 0.3) is 10.2 Å². The zero-order valence-corrected chi connectivity index (χ0v) is 21.0. The molecule has 0 radical (unpaired) electrons. The van der Waals surface area contributed by atoms with Crippen LogP contribution >= 0.6 is 11.3 Å².